The number of rotatable bonds is 10. The molecule has 0 fully saturated rings. The normalized spacial score (nSPS) is 14.2. The molecule has 2 aromatic rings. The number of hydrogen-bond donors (Lipinski definition) is 1. The van der Waals surface area contributed by atoms with E-state index in [-0.39, 0.29) is 36.7 Å². The van der Waals surface area contributed by atoms with Gasteiger partial charge in [0.05, 0.1) is 17.2 Å². The molecule has 1 heterocycles. The summed E-state index contributed by atoms with van der Waals surface area (Å²) in [5.41, 5.74) is 2.06. The highest BCUT2D eigenvalue weighted by atomic mass is 16.2. The first-order chi connectivity index (χ1) is 14.6. The van der Waals surface area contributed by atoms with Crippen molar-refractivity contribution in [3.63, 3.8) is 0 Å². The fourth-order valence-corrected chi connectivity index (χ4v) is 3.94. The minimum Gasteiger partial charge on any atom is -0.354 e. The van der Waals surface area contributed by atoms with Gasteiger partial charge in [-0.05, 0) is 37.2 Å². The smallest absolute Gasteiger partial charge is 0.261 e. The van der Waals surface area contributed by atoms with Gasteiger partial charge in [0, 0.05) is 19.5 Å². The van der Waals surface area contributed by atoms with Crippen molar-refractivity contribution in [3.05, 3.63) is 71.3 Å². The third-order valence-corrected chi connectivity index (χ3v) is 5.59. The van der Waals surface area contributed by atoms with E-state index in [9.17, 15) is 14.4 Å². The van der Waals surface area contributed by atoms with Crippen LogP contribution in [0.4, 0.5) is 0 Å². The van der Waals surface area contributed by atoms with E-state index in [2.05, 4.69) is 36.2 Å². The Morgan fingerprint density at radius 2 is 1.50 bits per heavy atom. The van der Waals surface area contributed by atoms with Crippen LogP contribution in [-0.2, 0) is 4.79 Å². The fourth-order valence-electron chi connectivity index (χ4n) is 3.94. The maximum atomic E-state index is 12.4. The molecule has 1 aliphatic rings. The van der Waals surface area contributed by atoms with Gasteiger partial charge in [-0.25, -0.2) is 0 Å². The van der Waals surface area contributed by atoms with Crippen LogP contribution in [0.5, 0.6) is 0 Å². The molecule has 6 heteroatoms. The molecular formula is C24H29N3O3. The van der Waals surface area contributed by atoms with Crippen molar-refractivity contribution in [2.75, 3.05) is 26.2 Å². The molecule has 0 saturated carbocycles. The average Bonchev–Trinajstić information content (AvgIpc) is 3.02. The summed E-state index contributed by atoms with van der Waals surface area (Å²) in [6.07, 6.45) is 0.714. The Bertz CT molecular complexity index is 859. The number of hydrogen-bond acceptors (Lipinski definition) is 4. The van der Waals surface area contributed by atoms with Gasteiger partial charge in [0.15, 0.2) is 0 Å². The second-order valence-corrected chi connectivity index (χ2v) is 7.36. The SMILES string of the molecule is CCN(CC)[C@H](CNC(=O)CCCN1C(=O)c2ccccc2C1=O)c1ccccc1. The summed E-state index contributed by atoms with van der Waals surface area (Å²) >= 11 is 0. The highest BCUT2D eigenvalue weighted by Gasteiger charge is 2.34. The van der Waals surface area contributed by atoms with E-state index in [4.69, 9.17) is 0 Å². The highest BCUT2D eigenvalue weighted by molar-refractivity contribution is 6.21. The van der Waals surface area contributed by atoms with Gasteiger partial charge in [0.1, 0.15) is 0 Å². The third-order valence-electron chi connectivity index (χ3n) is 5.59. The van der Waals surface area contributed by atoms with Crippen LogP contribution in [0.3, 0.4) is 0 Å². The number of nitrogens with one attached hydrogen (secondary N) is 1. The summed E-state index contributed by atoms with van der Waals surface area (Å²) in [5, 5.41) is 3.03. The van der Waals surface area contributed by atoms with Crippen LogP contribution in [0.15, 0.2) is 54.6 Å². The highest BCUT2D eigenvalue weighted by Crippen LogP contribution is 2.23. The van der Waals surface area contributed by atoms with Crippen molar-refractivity contribution in [2.45, 2.75) is 32.7 Å². The van der Waals surface area contributed by atoms with E-state index in [1.54, 1.807) is 24.3 Å². The van der Waals surface area contributed by atoms with Crippen LogP contribution >= 0.6 is 0 Å². The molecule has 3 amide bonds. The second kappa shape index (κ2) is 10.2. The van der Waals surface area contributed by atoms with E-state index >= 15 is 0 Å². The lowest BCUT2D eigenvalue weighted by Crippen LogP contribution is -2.38. The Morgan fingerprint density at radius 3 is 2.07 bits per heavy atom. The fraction of sp³-hybridized carbons (Fsp3) is 0.375. The maximum absolute atomic E-state index is 12.4. The summed E-state index contributed by atoms with van der Waals surface area (Å²) in [5.74, 6) is -0.622. The zero-order valence-corrected chi connectivity index (χ0v) is 17.6. The Morgan fingerprint density at radius 1 is 0.933 bits per heavy atom. The molecule has 1 aliphatic heterocycles. The van der Waals surface area contributed by atoms with Crippen molar-refractivity contribution in [1.82, 2.24) is 15.1 Å². The lowest BCUT2D eigenvalue weighted by Gasteiger charge is -2.30. The third kappa shape index (κ3) is 4.76. The molecule has 0 aromatic heterocycles. The Hall–Kier alpha value is -2.99. The lowest BCUT2D eigenvalue weighted by molar-refractivity contribution is -0.121. The molecule has 6 nitrogen and oxygen atoms in total. The first-order valence-electron chi connectivity index (χ1n) is 10.6. The lowest BCUT2D eigenvalue weighted by atomic mass is 10.0. The number of carbonyl (C=O) groups excluding carboxylic acids is 3. The predicted octanol–water partition coefficient (Wildman–Crippen LogP) is 3.26. The topological polar surface area (TPSA) is 69.7 Å². The van der Waals surface area contributed by atoms with E-state index in [0.29, 0.717) is 24.1 Å². The van der Waals surface area contributed by atoms with E-state index < -0.39 is 0 Å². The molecule has 2 aromatic carbocycles. The van der Waals surface area contributed by atoms with E-state index in [1.807, 2.05) is 18.2 Å². The van der Waals surface area contributed by atoms with Crippen LogP contribution in [-0.4, -0.2) is 53.7 Å². The van der Waals surface area contributed by atoms with Crippen molar-refractivity contribution < 1.29 is 14.4 Å². The summed E-state index contributed by atoms with van der Waals surface area (Å²) in [4.78, 5) is 40.8. The molecule has 0 unspecified atom stereocenters. The van der Waals surface area contributed by atoms with Crippen molar-refractivity contribution >= 4 is 17.7 Å². The van der Waals surface area contributed by atoms with E-state index in [0.717, 1.165) is 13.1 Å². The molecular weight excluding hydrogens is 378 g/mol. The van der Waals surface area contributed by atoms with Crippen molar-refractivity contribution in [2.24, 2.45) is 0 Å². The first kappa shape index (κ1) is 21.7. The van der Waals surface area contributed by atoms with Gasteiger partial charge in [-0.15, -0.1) is 0 Å². The average molecular weight is 408 g/mol. The Balaban J connectivity index is 1.51. The minimum atomic E-state index is -0.276. The van der Waals surface area contributed by atoms with Gasteiger partial charge in [-0.2, -0.15) is 0 Å². The van der Waals surface area contributed by atoms with Crippen LogP contribution in [0.2, 0.25) is 0 Å². The summed E-state index contributed by atoms with van der Waals surface area (Å²) in [7, 11) is 0. The molecule has 30 heavy (non-hydrogen) atoms. The Labute approximate surface area is 177 Å². The van der Waals surface area contributed by atoms with Gasteiger partial charge in [-0.1, -0.05) is 56.3 Å². The van der Waals surface area contributed by atoms with Gasteiger partial charge in [0.25, 0.3) is 11.8 Å². The quantitative estimate of drug-likeness (QED) is 0.614. The van der Waals surface area contributed by atoms with Crippen LogP contribution in [0, 0.1) is 0 Å². The van der Waals surface area contributed by atoms with Gasteiger partial charge in [-0.3, -0.25) is 24.2 Å². The number of carbonyl (C=O) groups is 3. The summed E-state index contributed by atoms with van der Waals surface area (Å²) in [6, 6.07) is 17.1. The first-order valence-corrected chi connectivity index (χ1v) is 10.6. The maximum Gasteiger partial charge on any atom is 0.261 e. The molecule has 3 rings (SSSR count). The van der Waals surface area contributed by atoms with Gasteiger partial charge < -0.3 is 5.32 Å². The predicted molar refractivity (Wildman–Crippen MR) is 116 cm³/mol. The molecule has 0 spiro atoms. The monoisotopic (exact) mass is 407 g/mol. The number of amides is 3. The largest absolute Gasteiger partial charge is 0.354 e. The minimum absolute atomic E-state index is 0.0697. The number of imide groups is 1. The number of likely N-dealkylation sites (N-methyl/N-ethyl adjacent to an activating group) is 1. The van der Waals surface area contributed by atoms with Gasteiger partial charge >= 0.3 is 0 Å². The summed E-state index contributed by atoms with van der Waals surface area (Å²) in [6.45, 7) is 6.79. The molecule has 1 atom stereocenters. The molecule has 0 bridgehead atoms. The number of nitrogens with zero attached hydrogens (tertiary/aromatic N) is 2. The zero-order valence-electron chi connectivity index (χ0n) is 17.6. The van der Waals surface area contributed by atoms with Crippen LogP contribution in [0.25, 0.3) is 0 Å². The Kier molecular flexibility index (Phi) is 7.36. The molecule has 0 aliphatic carbocycles. The van der Waals surface area contributed by atoms with Crippen molar-refractivity contribution in [3.8, 4) is 0 Å². The van der Waals surface area contributed by atoms with Crippen LogP contribution in [0.1, 0.15) is 59.0 Å². The summed E-state index contributed by atoms with van der Waals surface area (Å²) < 4.78 is 0. The molecule has 0 saturated heterocycles. The number of fused-ring (bicyclic) bond motifs is 1. The van der Waals surface area contributed by atoms with E-state index in [1.165, 1.54) is 10.5 Å². The number of benzene rings is 2. The van der Waals surface area contributed by atoms with Gasteiger partial charge in [0.2, 0.25) is 5.91 Å². The van der Waals surface area contributed by atoms with Crippen LogP contribution < -0.4 is 5.32 Å². The molecule has 0 radical (unpaired) electrons. The molecule has 1 N–H and O–H groups in total. The second-order valence-electron chi connectivity index (χ2n) is 7.36. The van der Waals surface area contributed by atoms with Crippen molar-refractivity contribution in [1.29, 1.82) is 0 Å². The zero-order chi connectivity index (χ0) is 21.5. The standard InChI is InChI=1S/C24H29N3O3/c1-3-26(4-2)21(18-11-6-5-7-12-18)17-25-22(28)15-10-16-27-23(29)19-13-8-9-14-20(19)24(27)30/h5-9,11-14,21H,3-4,10,15-17H2,1-2H3,(H,25,28)/t21-/m1/s1. The molecule has 158 valence electrons.